The van der Waals surface area contributed by atoms with Gasteiger partial charge in [0.25, 0.3) is 0 Å². The zero-order valence-corrected chi connectivity index (χ0v) is 10.4. The minimum absolute atomic E-state index is 0.0569. The zero-order chi connectivity index (χ0) is 12.4. The number of benzene rings is 1. The molecule has 0 spiro atoms. The quantitative estimate of drug-likeness (QED) is 0.806. The van der Waals surface area contributed by atoms with Gasteiger partial charge in [0.05, 0.1) is 11.7 Å². The molecule has 92 valence electrons. The van der Waals surface area contributed by atoms with Gasteiger partial charge >= 0.3 is 0 Å². The Morgan fingerprint density at radius 3 is 2.61 bits per heavy atom. The van der Waals surface area contributed by atoms with Crippen LogP contribution in [0.2, 0.25) is 0 Å². The molecule has 0 N–H and O–H groups in total. The summed E-state index contributed by atoms with van der Waals surface area (Å²) in [5, 5.41) is 1.94. The minimum atomic E-state index is 0.0569. The third-order valence-electron chi connectivity index (χ3n) is 3.37. The summed E-state index contributed by atoms with van der Waals surface area (Å²) >= 11 is 0. The maximum absolute atomic E-state index is 5.89. The molecule has 3 heteroatoms. The molecule has 1 fully saturated rings. The fourth-order valence-electron chi connectivity index (χ4n) is 2.43. The van der Waals surface area contributed by atoms with Crippen LogP contribution in [0.15, 0.2) is 54.7 Å². The highest BCUT2D eigenvalue weighted by molar-refractivity contribution is 5.20. The first kappa shape index (κ1) is 11.4. The molecule has 0 saturated carbocycles. The Labute approximate surface area is 107 Å². The van der Waals surface area contributed by atoms with E-state index in [1.54, 1.807) is 0 Å². The Balaban J connectivity index is 1.81. The normalized spacial score (nSPS) is 24.3. The lowest BCUT2D eigenvalue weighted by Gasteiger charge is -2.17. The molecule has 2 atom stereocenters. The van der Waals surface area contributed by atoms with Crippen LogP contribution in [0.3, 0.4) is 0 Å². The van der Waals surface area contributed by atoms with E-state index >= 15 is 0 Å². The van der Waals surface area contributed by atoms with E-state index in [9.17, 15) is 0 Å². The Kier molecular flexibility index (Phi) is 3.09. The van der Waals surface area contributed by atoms with Crippen molar-refractivity contribution in [3.8, 4) is 0 Å². The first-order valence-electron chi connectivity index (χ1n) is 6.20. The van der Waals surface area contributed by atoms with Crippen molar-refractivity contribution in [1.82, 2.24) is 10.0 Å². The average Bonchev–Trinajstić information content (AvgIpc) is 2.83. The topological polar surface area (TPSA) is 25.4 Å². The molecule has 0 bridgehead atoms. The third kappa shape index (κ3) is 2.15. The maximum Gasteiger partial charge on any atom is 0.123 e. The van der Waals surface area contributed by atoms with Gasteiger partial charge in [-0.25, -0.2) is 0 Å². The molecule has 1 aliphatic rings. The molecule has 0 amide bonds. The van der Waals surface area contributed by atoms with E-state index in [1.165, 1.54) is 5.56 Å². The summed E-state index contributed by atoms with van der Waals surface area (Å²) < 4.78 is 0. The van der Waals surface area contributed by atoms with Gasteiger partial charge in [-0.05, 0) is 17.7 Å². The van der Waals surface area contributed by atoms with Crippen molar-refractivity contribution >= 4 is 0 Å². The summed E-state index contributed by atoms with van der Waals surface area (Å²) in [4.78, 5) is 10.3. The molecule has 1 saturated heterocycles. The maximum atomic E-state index is 5.89. The van der Waals surface area contributed by atoms with E-state index in [0.29, 0.717) is 6.04 Å². The van der Waals surface area contributed by atoms with Gasteiger partial charge in [-0.15, -0.1) is 0 Å². The number of hydroxylamine groups is 2. The second-order valence-electron chi connectivity index (χ2n) is 4.56. The Bertz CT molecular complexity index is 500. The van der Waals surface area contributed by atoms with Crippen LogP contribution in [0, 0.1) is 0 Å². The van der Waals surface area contributed by atoms with Crippen LogP contribution in [-0.2, 0) is 4.84 Å². The highest BCUT2D eigenvalue weighted by atomic mass is 16.7. The lowest BCUT2D eigenvalue weighted by Crippen LogP contribution is -2.16. The fourth-order valence-corrected chi connectivity index (χ4v) is 2.43. The van der Waals surface area contributed by atoms with Gasteiger partial charge in [0.15, 0.2) is 0 Å². The van der Waals surface area contributed by atoms with Crippen molar-refractivity contribution in [3.05, 3.63) is 66.0 Å². The van der Waals surface area contributed by atoms with Crippen LogP contribution in [0.1, 0.15) is 29.8 Å². The van der Waals surface area contributed by atoms with E-state index in [2.05, 4.69) is 29.2 Å². The number of rotatable bonds is 2. The first-order chi connectivity index (χ1) is 8.84. The lowest BCUT2D eigenvalue weighted by atomic mass is 10.0. The highest BCUT2D eigenvalue weighted by Gasteiger charge is 2.33. The van der Waals surface area contributed by atoms with Crippen LogP contribution in [0.4, 0.5) is 0 Å². The van der Waals surface area contributed by atoms with Gasteiger partial charge in [0.1, 0.15) is 6.10 Å². The number of pyridine rings is 1. The summed E-state index contributed by atoms with van der Waals surface area (Å²) in [6.07, 6.45) is 2.81. The van der Waals surface area contributed by atoms with Crippen molar-refractivity contribution in [2.45, 2.75) is 18.6 Å². The standard InChI is InChI=1S/C15H16N2O/c1-17-14(12-7-3-2-4-8-12)11-15(18-17)13-9-5-6-10-16-13/h2-10,14-15H,11H2,1H3. The molecule has 1 aliphatic heterocycles. The minimum Gasteiger partial charge on any atom is -0.289 e. The number of aromatic nitrogens is 1. The molecule has 2 heterocycles. The summed E-state index contributed by atoms with van der Waals surface area (Å²) in [5.41, 5.74) is 2.29. The first-order valence-corrected chi connectivity index (χ1v) is 6.20. The van der Waals surface area contributed by atoms with Crippen LogP contribution in [-0.4, -0.2) is 17.1 Å². The summed E-state index contributed by atoms with van der Waals surface area (Å²) in [6, 6.07) is 16.7. The zero-order valence-electron chi connectivity index (χ0n) is 10.4. The predicted octanol–water partition coefficient (Wildman–Crippen LogP) is 3.13. The number of hydrogen-bond acceptors (Lipinski definition) is 3. The monoisotopic (exact) mass is 240 g/mol. The van der Waals surface area contributed by atoms with Gasteiger partial charge in [-0.1, -0.05) is 36.4 Å². The Hall–Kier alpha value is -1.71. The largest absolute Gasteiger partial charge is 0.289 e. The Morgan fingerprint density at radius 1 is 1.11 bits per heavy atom. The van der Waals surface area contributed by atoms with Crippen LogP contribution >= 0.6 is 0 Å². The average molecular weight is 240 g/mol. The van der Waals surface area contributed by atoms with E-state index in [-0.39, 0.29) is 6.10 Å². The lowest BCUT2D eigenvalue weighted by molar-refractivity contribution is -0.146. The van der Waals surface area contributed by atoms with E-state index in [1.807, 2.05) is 42.6 Å². The number of nitrogens with zero attached hydrogens (tertiary/aromatic N) is 2. The van der Waals surface area contributed by atoms with Gasteiger partial charge in [-0.3, -0.25) is 9.82 Å². The summed E-state index contributed by atoms with van der Waals surface area (Å²) in [5.74, 6) is 0. The van der Waals surface area contributed by atoms with Crippen molar-refractivity contribution in [2.75, 3.05) is 7.05 Å². The molecule has 0 aliphatic carbocycles. The Morgan fingerprint density at radius 2 is 1.89 bits per heavy atom. The molecular weight excluding hydrogens is 224 g/mol. The fraction of sp³-hybridized carbons (Fsp3) is 0.267. The molecule has 2 aromatic rings. The van der Waals surface area contributed by atoms with E-state index < -0.39 is 0 Å². The second-order valence-corrected chi connectivity index (χ2v) is 4.56. The molecule has 0 radical (unpaired) electrons. The molecule has 1 aromatic heterocycles. The molecule has 18 heavy (non-hydrogen) atoms. The predicted molar refractivity (Wildman–Crippen MR) is 69.6 cm³/mol. The van der Waals surface area contributed by atoms with Gasteiger partial charge < -0.3 is 0 Å². The molecule has 3 rings (SSSR count). The number of hydrogen-bond donors (Lipinski definition) is 0. The van der Waals surface area contributed by atoms with Crippen LogP contribution < -0.4 is 0 Å². The van der Waals surface area contributed by atoms with E-state index in [4.69, 9.17) is 4.84 Å². The smallest absolute Gasteiger partial charge is 0.123 e. The van der Waals surface area contributed by atoms with Gasteiger partial charge in [0.2, 0.25) is 0 Å². The van der Waals surface area contributed by atoms with Gasteiger partial charge in [0, 0.05) is 19.7 Å². The van der Waals surface area contributed by atoms with Crippen molar-refractivity contribution < 1.29 is 4.84 Å². The van der Waals surface area contributed by atoms with Gasteiger partial charge in [-0.2, -0.15) is 5.06 Å². The third-order valence-corrected chi connectivity index (χ3v) is 3.37. The van der Waals surface area contributed by atoms with Crippen molar-refractivity contribution in [1.29, 1.82) is 0 Å². The highest BCUT2D eigenvalue weighted by Crippen LogP contribution is 2.39. The molecule has 2 unspecified atom stereocenters. The SMILES string of the molecule is CN1OC(c2ccccn2)CC1c1ccccc1. The second kappa shape index (κ2) is 4.88. The van der Waals surface area contributed by atoms with Crippen molar-refractivity contribution in [3.63, 3.8) is 0 Å². The molecular formula is C15H16N2O. The van der Waals surface area contributed by atoms with Crippen LogP contribution in [0.25, 0.3) is 0 Å². The van der Waals surface area contributed by atoms with E-state index in [0.717, 1.165) is 12.1 Å². The summed E-state index contributed by atoms with van der Waals surface area (Å²) in [6.45, 7) is 0. The van der Waals surface area contributed by atoms with Crippen molar-refractivity contribution in [2.24, 2.45) is 0 Å². The summed E-state index contributed by atoms with van der Waals surface area (Å²) in [7, 11) is 1.99. The molecule has 1 aromatic carbocycles. The van der Waals surface area contributed by atoms with Crippen LogP contribution in [0.5, 0.6) is 0 Å². The molecule has 3 nitrogen and oxygen atoms in total.